The first-order valence-corrected chi connectivity index (χ1v) is 7.54. The largest absolute Gasteiger partial charge is 0.490 e. The van der Waals surface area contributed by atoms with Gasteiger partial charge in [0.25, 0.3) is 0 Å². The van der Waals surface area contributed by atoms with Crippen LogP contribution in [0.2, 0.25) is 0 Å². The third kappa shape index (κ3) is 3.73. The number of ether oxygens (including phenoxy) is 2. The molecule has 0 fully saturated rings. The highest BCUT2D eigenvalue weighted by Gasteiger charge is 2.08. The second kappa shape index (κ2) is 7.29. The molecule has 20 heavy (non-hydrogen) atoms. The van der Waals surface area contributed by atoms with Gasteiger partial charge < -0.3 is 9.47 Å². The number of benzene rings is 2. The zero-order chi connectivity index (χ0) is 14.4. The Kier molecular flexibility index (Phi) is 5.41. The molecule has 4 heteroatoms. The van der Waals surface area contributed by atoms with Crippen LogP contribution in [-0.2, 0) is 11.9 Å². The van der Waals surface area contributed by atoms with Crippen LogP contribution in [0.4, 0.5) is 4.39 Å². The van der Waals surface area contributed by atoms with Gasteiger partial charge >= 0.3 is 0 Å². The SMILES string of the molecule is CCOc1cc(CBr)ccc1OCc1ccccc1F. The van der Waals surface area contributed by atoms with Crippen LogP contribution in [-0.4, -0.2) is 6.61 Å². The fraction of sp³-hybridized carbons (Fsp3) is 0.250. The highest BCUT2D eigenvalue weighted by molar-refractivity contribution is 9.08. The Bertz CT molecular complexity index is 572. The molecule has 0 aromatic heterocycles. The van der Waals surface area contributed by atoms with Crippen LogP contribution in [0.5, 0.6) is 11.5 Å². The van der Waals surface area contributed by atoms with Gasteiger partial charge in [-0.25, -0.2) is 4.39 Å². The van der Waals surface area contributed by atoms with Gasteiger partial charge in [-0.1, -0.05) is 40.2 Å². The molecule has 0 aliphatic rings. The summed E-state index contributed by atoms with van der Waals surface area (Å²) in [7, 11) is 0. The van der Waals surface area contributed by atoms with E-state index in [0.717, 1.165) is 10.9 Å². The molecule has 0 aliphatic heterocycles. The molecule has 0 N–H and O–H groups in total. The topological polar surface area (TPSA) is 18.5 Å². The molecule has 0 saturated carbocycles. The minimum atomic E-state index is -0.262. The Labute approximate surface area is 126 Å². The molecular formula is C16H16BrFO2. The number of hydrogen-bond donors (Lipinski definition) is 0. The Morgan fingerprint density at radius 2 is 1.85 bits per heavy atom. The summed E-state index contributed by atoms with van der Waals surface area (Å²) in [6, 6.07) is 12.3. The first-order chi connectivity index (χ1) is 9.74. The minimum absolute atomic E-state index is 0.181. The van der Waals surface area contributed by atoms with Crippen molar-refractivity contribution in [3.63, 3.8) is 0 Å². The lowest BCUT2D eigenvalue weighted by molar-refractivity contribution is 0.265. The summed E-state index contributed by atoms with van der Waals surface area (Å²) in [5.74, 6) is 1.04. The van der Waals surface area contributed by atoms with E-state index < -0.39 is 0 Å². The molecule has 0 aliphatic carbocycles. The second-order valence-corrected chi connectivity index (χ2v) is 4.79. The molecular weight excluding hydrogens is 323 g/mol. The van der Waals surface area contributed by atoms with Gasteiger partial charge in [0, 0.05) is 10.9 Å². The van der Waals surface area contributed by atoms with Crippen molar-refractivity contribution >= 4 is 15.9 Å². The zero-order valence-corrected chi connectivity index (χ0v) is 12.8. The van der Waals surface area contributed by atoms with Gasteiger partial charge in [-0.15, -0.1) is 0 Å². The van der Waals surface area contributed by atoms with Gasteiger partial charge in [-0.3, -0.25) is 0 Å². The van der Waals surface area contributed by atoms with E-state index >= 15 is 0 Å². The molecule has 0 amide bonds. The van der Waals surface area contributed by atoms with Crippen LogP contribution in [0.25, 0.3) is 0 Å². The minimum Gasteiger partial charge on any atom is -0.490 e. The van der Waals surface area contributed by atoms with E-state index in [9.17, 15) is 4.39 Å². The number of halogens is 2. The summed E-state index contributed by atoms with van der Waals surface area (Å²) in [4.78, 5) is 0. The zero-order valence-electron chi connectivity index (χ0n) is 11.2. The number of rotatable bonds is 6. The Morgan fingerprint density at radius 3 is 2.55 bits per heavy atom. The van der Waals surface area contributed by atoms with E-state index in [0.29, 0.717) is 23.7 Å². The van der Waals surface area contributed by atoms with Crippen molar-refractivity contribution < 1.29 is 13.9 Å². The predicted molar refractivity (Wildman–Crippen MR) is 81.0 cm³/mol. The third-order valence-corrected chi connectivity index (χ3v) is 3.45. The first-order valence-electron chi connectivity index (χ1n) is 6.42. The number of hydrogen-bond acceptors (Lipinski definition) is 2. The maximum Gasteiger partial charge on any atom is 0.161 e. The molecule has 0 atom stereocenters. The summed E-state index contributed by atoms with van der Waals surface area (Å²) < 4.78 is 24.8. The van der Waals surface area contributed by atoms with Gasteiger partial charge in [0.15, 0.2) is 11.5 Å². The van der Waals surface area contributed by atoms with Crippen LogP contribution in [0.1, 0.15) is 18.1 Å². The van der Waals surface area contributed by atoms with E-state index in [4.69, 9.17) is 9.47 Å². The Hall–Kier alpha value is -1.55. The van der Waals surface area contributed by atoms with E-state index in [1.165, 1.54) is 6.07 Å². The summed E-state index contributed by atoms with van der Waals surface area (Å²) >= 11 is 3.41. The smallest absolute Gasteiger partial charge is 0.161 e. The summed E-state index contributed by atoms with van der Waals surface area (Å²) in [5.41, 5.74) is 1.63. The van der Waals surface area contributed by atoms with Crippen LogP contribution in [0.15, 0.2) is 42.5 Å². The Balaban J connectivity index is 2.14. The van der Waals surface area contributed by atoms with E-state index in [2.05, 4.69) is 15.9 Å². The molecule has 0 heterocycles. The summed E-state index contributed by atoms with van der Waals surface area (Å²) in [6.45, 7) is 2.66. The fourth-order valence-electron chi connectivity index (χ4n) is 1.79. The van der Waals surface area contributed by atoms with Crippen LogP contribution < -0.4 is 9.47 Å². The van der Waals surface area contributed by atoms with Crippen molar-refractivity contribution in [3.8, 4) is 11.5 Å². The average Bonchev–Trinajstić information content (AvgIpc) is 2.47. The molecule has 2 rings (SSSR count). The Morgan fingerprint density at radius 1 is 1.05 bits per heavy atom. The second-order valence-electron chi connectivity index (χ2n) is 4.23. The monoisotopic (exact) mass is 338 g/mol. The van der Waals surface area contributed by atoms with Crippen molar-refractivity contribution in [2.45, 2.75) is 18.9 Å². The first kappa shape index (κ1) is 14.9. The van der Waals surface area contributed by atoms with Gasteiger partial charge in [0.1, 0.15) is 12.4 Å². The van der Waals surface area contributed by atoms with Crippen LogP contribution in [0, 0.1) is 5.82 Å². The molecule has 2 nitrogen and oxygen atoms in total. The van der Waals surface area contributed by atoms with Crippen LogP contribution >= 0.6 is 15.9 Å². The third-order valence-electron chi connectivity index (χ3n) is 2.80. The average molecular weight is 339 g/mol. The highest BCUT2D eigenvalue weighted by atomic mass is 79.9. The molecule has 2 aromatic carbocycles. The van der Waals surface area contributed by atoms with Gasteiger partial charge in [-0.2, -0.15) is 0 Å². The molecule has 0 saturated heterocycles. The van der Waals surface area contributed by atoms with Gasteiger partial charge in [-0.05, 0) is 30.7 Å². The molecule has 0 unspecified atom stereocenters. The molecule has 0 bridgehead atoms. The standard InChI is InChI=1S/C16H16BrFO2/c1-2-19-16-9-12(10-17)7-8-15(16)20-11-13-5-3-4-6-14(13)18/h3-9H,2,10-11H2,1H3. The van der Waals surface area contributed by atoms with Crippen LogP contribution in [0.3, 0.4) is 0 Å². The molecule has 0 radical (unpaired) electrons. The van der Waals surface area contributed by atoms with Crippen molar-refractivity contribution in [1.29, 1.82) is 0 Å². The van der Waals surface area contributed by atoms with E-state index in [1.807, 2.05) is 25.1 Å². The molecule has 106 valence electrons. The number of alkyl halides is 1. The maximum atomic E-state index is 13.5. The highest BCUT2D eigenvalue weighted by Crippen LogP contribution is 2.30. The summed E-state index contributed by atoms with van der Waals surface area (Å²) in [6.07, 6.45) is 0. The van der Waals surface area contributed by atoms with Crippen molar-refractivity contribution in [2.24, 2.45) is 0 Å². The quantitative estimate of drug-likeness (QED) is 0.711. The normalized spacial score (nSPS) is 10.3. The van der Waals surface area contributed by atoms with Crippen molar-refractivity contribution in [3.05, 3.63) is 59.4 Å². The predicted octanol–water partition coefficient (Wildman–Crippen LogP) is 4.70. The fourth-order valence-corrected chi connectivity index (χ4v) is 2.14. The molecule has 0 spiro atoms. The lowest BCUT2D eigenvalue weighted by Crippen LogP contribution is -2.01. The maximum absolute atomic E-state index is 13.5. The van der Waals surface area contributed by atoms with E-state index in [1.54, 1.807) is 18.2 Å². The van der Waals surface area contributed by atoms with Crippen molar-refractivity contribution in [1.82, 2.24) is 0 Å². The lowest BCUT2D eigenvalue weighted by atomic mass is 10.2. The lowest BCUT2D eigenvalue weighted by Gasteiger charge is -2.13. The van der Waals surface area contributed by atoms with Gasteiger partial charge in [0.2, 0.25) is 0 Å². The van der Waals surface area contributed by atoms with E-state index in [-0.39, 0.29) is 12.4 Å². The van der Waals surface area contributed by atoms with Crippen molar-refractivity contribution in [2.75, 3.05) is 6.61 Å². The van der Waals surface area contributed by atoms with Gasteiger partial charge in [0.05, 0.1) is 6.61 Å². The summed E-state index contributed by atoms with van der Waals surface area (Å²) in [5, 5.41) is 0.751. The molecule has 2 aromatic rings.